The number of thiophene rings is 5. The minimum absolute atomic E-state index is 0.789. The summed E-state index contributed by atoms with van der Waals surface area (Å²) in [5.74, 6) is 0. The molecule has 5 aromatic rings. The molecule has 0 aliphatic carbocycles. The van der Waals surface area contributed by atoms with Gasteiger partial charge < -0.3 is 4.74 Å². The zero-order valence-electron chi connectivity index (χ0n) is 26.3. The molecule has 5 aromatic heterocycles. The second-order valence-electron chi connectivity index (χ2n) is 11.3. The van der Waals surface area contributed by atoms with E-state index in [1.54, 1.807) is 5.56 Å². The van der Waals surface area contributed by atoms with Gasteiger partial charge >= 0.3 is 0 Å². The van der Waals surface area contributed by atoms with E-state index in [1.807, 2.05) is 56.7 Å². The molecule has 5 heterocycles. The molecule has 0 amide bonds. The molecular formula is C37H46OS5. The van der Waals surface area contributed by atoms with Crippen LogP contribution in [0.25, 0.3) is 39.0 Å². The lowest BCUT2D eigenvalue weighted by molar-refractivity contribution is 0.151. The van der Waals surface area contributed by atoms with Crippen molar-refractivity contribution in [3.63, 3.8) is 0 Å². The molecule has 0 spiro atoms. The first-order chi connectivity index (χ1) is 21.1. The third-order valence-corrected chi connectivity index (χ3v) is 14.2. The lowest BCUT2D eigenvalue weighted by Crippen LogP contribution is -1.95. The highest BCUT2D eigenvalue weighted by atomic mass is 32.1. The zero-order valence-corrected chi connectivity index (χ0v) is 30.3. The molecule has 0 radical (unpaired) electrons. The Labute approximate surface area is 279 Å². The molecule has 0 atom stereocenters. The van der Waals surface area contributed by atoms with Crippen molar-refractivity contribution < 1.29 is 4.74 Å². The fourth-order valence-corrected chi connectivity index (χ4v) is 11.3. The molecule has 43 heavy (non-hydrogen) atoms. The predicted molar refractivity (Wildman–Crippen MR) is 198 cm³/mol. The molecule has 0 aliphatic heterocycles. The monoisotopic (exact) mass is 666 g/mol. The Bertz CT molecular complexity index is 1540. The number of hydrogen-bond donors (Lipinski definition) is 0. The maximum atomic E-state index is 5.61. The van der Waals surface area contributed by atoms with Gasteiger partial charge in [0.05, 0.1) is 6.61 Å². The highest BCUT2D eigenvalue weighted by Crippen LogP contribution is 2.47. The first-order valence-corrected chi connectivity index (χ1v) is 20.3. The van der Waals surface area contributed by atoms with Gasteiger partial charge in [0, 0.05) is 61.8 Å². The van der Waals surface area contributed by atoms with Gasteiger partial charge in [-0.3, -0.25) is 0 Å². The van der Waals surface area contributed by atoms with Crippen LogP contribution in [0.5, 0.6) is 0 Å². The number of ether oxygens (including phenoxy) is 1. The fraction of sp³-hybridized carbons (Fsp3) is 0.459. The molecule has 6 heteroatoms. The van der Waals surface area contributed by atoms with Crippen LogP contribution < -0.4 is 0 Å². The Morgan fingerprint density at radius 1 is 0.512 bits per heavy atom. The summed E-state index contributed by atoms with van der Waals surface area (Å²) in [6.45, 7) is 10.5. The second-order valence-corrected chi connectivity index (χ2v) is 17.0. The van der Waals surface area contributed by atoms with E-state index in [0.717, 1.165) is 19.6 Å². The van der Waals surface area contributed by atoms with E-state index >= 15 is 0 Å². The van der Waals surface area contributed by atoms with E-state index in [-0.39, 0.29) is 0 Å². The van der Waals surface area contributed by atoms with Crippen LogP contribution in [0.1, 0.15) is 93.0 Å². The van der Waals surface area contributed by atoms with Gasteiger partial charge in [-0.15, -0.1) is 56.7 Å². The summed E-state index contributed by atoms with van der Waals surface area (Å²) in [6, 6.07) is 19.0. The first-order valence-electron chi connectivity index (χ1n) is 16.2. The van der Waals surface area contributed by atoms with Crippen molar-refractivity contribution in [1.82, 2.24) is 0 Å². The van der Waals surface area contributed by atoms with E-state index in [0.29, 0.717) is 0 Å². The van der Waals surface area contributed by atoms with Gasteiger partial charge in [0.2, 0.25) is 0 Å². The summed E-state index contributed by atoms with van der Waals surface area (Å²) in [7, 11) is 0. The molecule has 230 valence electrons. The molecule has 0 bridgehead atoms. The minimum atomic E-state index is 0.789. The number of rotatable bonds is 18. The minimum Gasteiger partial charge on any atom is -0.381 e. The molecule has 0 saturated heterocycles. The highest BCUT2D eigenvalue weighted by Gasteiger charge is 2.18. The molecule has 0 aliphatic rings. The van der Waals surface area contributed by atoms with Gasteiger partial charge in [-0.25, -0.2) is 0 Å². The molecule has 5 rings (SSSR count). The van der Waals surface area contributed by atoms with Crippen LogP contribution in [0.2, 0.25) is 0 Å². The lowest BCUT2D eigenvalue weighted by atomic mass is 10.1. The van der Waals surface area contributed by atoms with Crippen molar-refractivity contribution in [2.75, 3.05) is 13.2 Å². The summed E-state index contributed by atoms with van der Waals surface area (Å²) < 4.78 is 5.61. The molecule has 0 saturated carbocycles. The molecule has 0 unspecified atom stereocenters. The molecular weight excluding hydrogens is 621 g/mol. The maximum absolute atomic E-state index is 5.61. The zero-order chi connectivity index (χ0) is 30.0. The Balaban J connectivity index is 1.36. The van der Waals surface area contributed by atoms with Crippen molar-refractivity contribution in [3.8, 4) is 39.0 Å². The lowest BCUT2D eigenvalue weighted by Gasteiger charge is -2.02. The quantitative estimate of drug-likeness (QED) is 0.0846. The van der Waals surface area contributed by atoms with Crippen molar-refractivity contribution in [3.05, 3.63) is 69.4 Å². The summed E-state index contributed by atoms with van der Waals surface area (Å²) >= 11 is 9.84. The number of hydrogen-bond acceptors (Lipinski definition) is 6. The van der Waals surface area contributed by atoms with Crippen LogP contribution in [0.15, 0.2) is 48.5 Å². The molecule has 0 N–H and O–H groups in total. The van der Waals surface area contributed by atoms with Crippen LogP contribution in [-0.2, 0) is 24.0 Å². The standard InChI is InChI=1S/C37H46OS5/c1-5-8-10-12-14-27-24-26(4)39-36(27)33-20-18-30(41-33)31-19-21-34(42-31)37-28(15-13-11-9-6-2)25-35(43-37)32-17-16-29(40-32)22-23-38-7-3/h16-21,24-25H,5-15,22-23H2,1-4H3. The van der Waals surface area contributed by atoms with Crippen molar-refractivity contribution in [2.45, 2.75) is 98.3 Å². The highest BCUT2D eigenvalue weighted by molar-refractivity contribution is 7.29. The first kappa shape index (κ1) is 32.8. The Hall–Kier alpha value is -1.54. The summed E-state index contributed by atoms with van der Waals surface area (Å²) in [6.07, 6.45) is 13.9. The van der Waals surface area contributed by atoms with E-state index in [2.05, 4.69) is 76.2 Å². The Kier molecular flexibility index (Phi) is 12.7. The summed E-state index contributed by atoms with van der Waals surface area (Å²) in [4.78, 5) is 14.3. The van der Waals surface area contributed by atoms with Crippen molar-refractivity contribution >= 4 is 56.7 Å². The van der Waals surface area contributed by atoms with Gasteiger partial charge in [-0.2, -0.15) is 0 Å². The number of aryl methyl sites for hydroxylation is 3. The van der Waals surface area contributed by atoms with Gasteiger partial charge in [-0.05, 0) is 99.2 Å². The van der Waals surface area contributed by atoms with Gasteiger partial charge in [-0.1, -0.05) is 52.4 Å². The van der Waals surface area contributed by atoms with Crippen LogP contribution in [0.4, 0.5) is 0 Å². The average Bonchev–Trinajstić information content (AvgIpc) is 3.83. The van der Waals surface area contributed by atoms with Crippen LogP contribution in [-0.4, -0.2) is 13.2 Å². The third kappa shape index (κ3) is 8.80. The molecule has 0 aromatic carbocycles. The van der Waals surface area contributed by atoms with Gasteiger partial charge in [0.1, 0.15) is 0 Å². The van der Waals surface area contributed by atoms with E-state index in [9.17, 15) is 0 Å². The van der Waals surface area contributed by atoms with E-state index in [1.165, 1.54) is 119 Å². The van der Waals surface area contributed by atoms with Crippen molar-refractivity contribution in [2.24, 2.45) is 0 Å². The van der Waals surface area contributed by atoms with Crippen LogP contribution in [0, 0.1) is 6.92 Å². The van der Waals surface area contributed by atoms with Gasteiger partial charge in [0.25, 0.3) is 0 Å². The predicted octanol–water partition coefficient (Wildman–Crippen LogP) is 13.8. The third-order valence-electron chi connectivity index (χ3n) is 7.84. The topological polar surface area (TPSA) is 9.23 Å². The van der Waals surface area contributed by atoms with Gasteiger partial charge in [0.15, 0.2) is 0 Å². The van der Waals surface area contributed by atoms with Crippen LogP contribution in [0.3, 0.4) is 0 Å². The largest absolute Gasteiger partial charge is 0.381 e. The smallest absolute Gasteiger partial charge is 0.0514 e. The average molecular weight is 667 g/mol. The summed E-state index contributed by atoms with van der Waals surface area (Å²) in [5, 5.41) is 0. The Morgan fingerprint density at radius 3 is 1.70 bits per heavy atom. The Morgan fingerprint density at radius 2 is 1.07 bits per heavy atom. The maximum Gasteiger partial charge on any atom is 0.0514 e. The van der Waals surface area contributed by atoms with E-state index in [4.69, 9.17) is 4.74 Å². The SMILES string of the molecule is CCCCCCc1cc(C)sc1-c1ccc(-c2ccc(-c3sc(-c4ccc(CCOCC)s4)cc3CCCCCC)s2)s1. The second kappa shape index (κ2) is 16.7. The normalized spacial score (nSPS) is 11.6. The fourth-order valence-electron chi connectivity index (χ4n) is 5.54. The van der Waals surface area contributed by atoms with E-state index < -0.39 is 0 Å². The number of unbranched alkanes of at least 4 members (excludes halogenated alkanes) is 6. The van der Waals surface area contributed by atoms with Crippen molar-refractivity contribution in [1.29, 1.82) is 0 Å². The van der Waals surface area contributed by atoms with Crippen LogP contribution >= 0.6 is 56.7 Å². The molecule has 0 fully saturated rings. The molecule has 1 nitrogen and oxygen atoms in total. The summed E-state index contributed by atoms with van der Waals surface area (Å²) in [5.41, 5.74) is 3.08.